The predicted octanol–water partition coefficient (Wildman–Crippen LogP) is 3.14. The average molecular weight is 353 g/mol. The molecule has 1 rings (SSSR count). The summed E-state index contributed by atoms with van der Waals surface area (Å²) in [6, 6.07) is 0.497. The fourth-order valence-electron chi connectivity index (χ4n) is 1.71. The van der Waals surface area contributed by atoms with Crippen LogP contribution in [0.3, 0.4) is 0 Å². The molecule has 0 saturated heterocycles. The largest absolute Gasteiger partial charge is 0.309 e. The molecule has 0 aliphatic rings. The molecule has 1 aromatic rings. The molecule has 1 heterocycles. The van der Waals surface area contributed by atoms with Gasteiger partial charge in [0.2, 0.25) is 0 Å². The van der Waals surface area contributed by atoms with E-state index in [9.17, 15) is 0 Å². The third-order valence-electron chi connectivity index (χ3n) is 2.56. The first-order valence-electron chi connectivity index (χ1n) is 5.47. The van der Waals surface area contributed by atoms with Crippen LogP contribution in [0, 0.1) is 6.92 Å². The first-order valence-corrected chi connectivity index (χ1v) is 7.18. The summed E-state index contributed by atoms with van der Waals surface area (Å²) >= 11 is 7.14. The number of halogens is 2. The number of hydrogen-bond donors (Lipinski definition) is 1. The lowest BCUT2D eigenvalue weighted by Crippen LogP contribution is -2.28. The van der Waals surface area contributed by atoms with E-state index in [-0.39, 0.29) is 0 Å². The Morgan fingerprint density at radius 2 is 2.06 bits per heavy atom. The zero-order chi connectivity index (χ0) is 12.3. The topological polar surface area (TPSA) is 29.9 Å². The standard InChI is InChI=1S/C11H19Br2N3/c1-7(12)5-8(2)14-6-10-11(13)9(3)15-16(10)4/h7-8,14H,5-6H2,1-4H3. The Hall–Kier alpha value is 0.130. The highest BCUT2D eigenvalue weighted by molar-refractivity contribution is 9.10. The van der Waals surface area contributed by atoms with Gasteiger partial charge in [0, 0.05) is 24.5 Å². The number of rotatable bonds is 5. The van der Waals surface area contributed by atoms with Crippen molar-refractivity contribution < 1.29 is 0 Å². The molecule has 0 fully saturated rings. The molecule has 5 heteroatoms. The van der Waals surface area contributed by atoms with Crippen LogP contribution in [-0.2, 0) is 13.6 Å². The molecule has 0 amide bonds. The summed E-state index contributed by atoms with van der Waals surface area (Å²) in [5.74, 6) is 0. The van der Waals surface area contributed by atoms with Crippen LogP contribution in [0.25, 0.3) is 0 Å². The molecular formula is C11H19Br2N3. The van der Waals surface area contributed by atoms with E-state index in [2.05, 4.69) is 56.1 Å². The van der Waals surface area contributed by atoms with Crippen LogP contribution in [-0.4, -0.2) is 20.6 Å². The molecule has 0 bridgehead atoms. The van der Waals surface area contributed by atoms with E-state index < -0.39 is 0 Å². The van der Waals surface area contributed by atoms with Crippen molar-refractivity contribution in [2.45, 2.75) is 44.6 Å². The molecule has 3 nitrogen and oxygen atoms in total. The van der Waals surface area contributed by atoms with Gasteiger partial charge in [-0.3, -0.25) is 4.68 Å². The number of hydrogen-bond acceptors (Lipinski definition) is 2. The van der Waals surface area contributed by atoms with Crippen LogP contribution in [0.1, 0.15) is 31.7 Å². The second-order valence-corrected chi connectivity index (χ2v) is 6.62. The minimum Gasteiger partial charge on any atom is -0.309 e. The Labute approximate surface area is 114 Å². The molecule has 0 saturated carbocycles. The summed E-state index contributed by atoms with van der Waals surface area (Å²) in [7, 11) is 1.98. The van der Waals surface area contributed by atoms with Crippen molar-refractivity contribution in [3.8, 4) is 0 Å². The zero-order valence-electron chi connectivity index (χ0n) is 10.2. The van der Waals surface area contributed by atoms with Crippen molar-refractivity contribution in [2.24, 2.45) is 7.05 Å². The fourth-order valence-corrected chi connectivity index (χ4v) is 2.75. The average Bonchev–Trinajstić information content (AvgIpc) is 2.38. The van der Waals surface area contributed by atoms with Gasteiger partial charge >= 0.3 is 0 Å². The molecule has 0 spiro atoms. The molecule has 2 unspecified atom stereocenters. The first kappa shape index (κ1) is 14.2. The van der Waals surface area contributed by atoms with Gasteiger partial charge in [-0.1, -0.05) is 22.9 Å². The molecular weight excluding hydrogens is 334 g/mol. The minimum absolute atomic E-state index is 0.497. The Morgan fingerprint density at radius 1 is 1.44 bits per heavy atom. The van der Waals surface area contributed by atoms with E-state index in [4.69, 9.17) is 0 Å². The summed E-state index contributed by atoms with van der Waals surface area (Å²) in [5, 5.41) is 7.87. The van der Waals surface area contributed by atoms with Gasteiger partial charge in [-0.2, -0.15) is 5.10 Å². The van der Waals surface area contributed by atoms with Crippen LogP contribution in [0.15, 0.2) is 4.47 Å². The predicted molar refractivity (Wildman–Crippen MR) is 75.0 cm³/mol. The lowest BCUT2D eigenvalue weighted by atomic mass is 10.2. The molecule has 92 valence electrons. The second kappa shape index (κ2) is 6.17. The molecule has 0 radical (unpaired) electrons. The van der Waals surface area contributed by atoms with Crippen LogP contribution in [0.4, 0.5) is 0 Å². The molecule has 0 aliphatic carbocycles. The lowest BCUT2D eigenvalue weighted by Gasteiger charge is -2.15. The Balaban J connectivity index is 2.54. The summed E-state index contributed by atoms with van der Waals surface area (Å²) in [4.78, 5) is 0.548. The van der Waals surface area contributed by atoms with Gasteiger partial charge in [0.25, 0.3) is 0 Å². The monoisotopic (exact) mass is 351 g/mol. The smallest absolute Gasteiger partial charge is 0.0739 e. The minimum atomic E-state index is 0.497. The van der Waals surface area contributed by atoms with Crippen LogP contribution < -0.4 is 5.32 Å². The van der Waals surface area contributed by atoms with Crippen molar-refractivity contribution in [1.82, 2.24) is 15.1 Å². The summed E-state index contributed by atoms with van der Waals surface area (Å²) in [6.45, 7) is 7.23. The van der Waals surface area contributed by atoms with Crippen molar-refractivity contribution in [2.75, 3.05) is 0 Å². The Morgan fingerprint density at radius 3 is 2.50 bits per heavy atom. The molecule has 0 aliphatic heterocycles. The van der Waals surface area contributed by atoms with Crippen LogP contribution >= 0.6 is 31.9 Å². The molecule has 1 N–H and O–H groups in total. The van der Waals surface area contributed by atoms with E-state index in [0.29, 0.717) is 10.9 Å². The quantitative estimate of drug-likeness (QED) is 0.825. The van der Waals surface area contributed by atoms with E-state index in [1.807, 2.05) is 18.7 Å². The Bertz CT molecular complexity index is 347. The lowest BCUT2D eigenvalue weighted by molar-refractivity contribution is 0.500. The maximum absolute atomic E-state index is 4.37. The van der Waals surface area contributed by atoms with Crippen molar-refractivity contribution in [3.05, 3.63) is 15.9 Å². The van der Waals surface area contributed by atoms with Gasteiger partial charge in [-0.05, 0) is 36.2 Å². The molecule has 0 aromatic carbocycles. The van der Waals surface area contributed by atoms with E-state index in [1.54, 1.807) is 0 Å². The SMILES string of the molecule is Cc1nn(C)c(CNC(C)CC(C)Br)c1Br. The van der Waals surface area contributed by atoms with E-state index >= 15 is 0 Å². The number of nitrogens with one attached hydrogen (secondary N) is 1. The van der Waals surface area contributed by atoms with E-state index in [0.717, 1.165) is 23.1 Å². The highest BCUT2D eigenvalue weighted by Crippen LogP contribution is 2.20. The van der Waals surface area contributed by atoms with Crippen LogP contribution in [0.2, 0.25) is 0 Å². The second-order valence-electron chi connectivity index (χ2n) is 4.27. The summed E-state index contributed by atoms with van der Waals surface area (Å²) in [5.41, 5.74) is 2.24. The van der Waals surface area contributed by atoms with Crippen LogP contribution in [0.5, 0.6) is 0 Å². The molecule has 16 heavy (non-hydrogen) atoms. The normalized spacial score (nSPS) is 15.1. The van der Waals surface area contributed by atoms with Crippen molar-refractivity contribution >= 4 is 31.9 Å². The first-order chi connectivity index (χ1) is 7.41. The maximum atomic E-state index is 4.37. The van der Waals surface area contributed by atoms with Crippen molar-refractivity contribution in [1.29, 1.82) is 0 Å². The van der Waals surface area contributed by atoms with Gasteiger partial charge in [-0.15, -0.1) is 0 Å². The van der Waals surface area contributed by atoms with E-state index in [1.165, 1.54) is 5.69 Å². The summed E-state index contributed by atoms with van der Waals surface area (Å²) in [6.07, 6.45) is 1.12. The highest BCUT2D eigenvalue weighted by atomic mass is 79.9. The van der Waals surface area contributed by atoms with Crippen molar-refractivity contribution in [3.63, 3.8) is 0 Å². The van der Waals surface area contributed by atoms with Gasteiger partial charge < -0.3 is 5.32 Å². The number of nitrogens with zero attached hydrogens (tertiary/aromatic N) is 2. The van der Waals surface area contributed by atoms with Gasteiger partial charge in [0.1, 0.15) is 0 Å². The fraction of sp³-hybridized carbons (Fsp3) is 0.727. The van der Waals surface area contributed by atoms with Gasteiger partial charge in [-0.25, -0.2) is 0 Å². The van der Waals surface area contributed by atoms with Gasteiger partial charge in [0.05, 0.1) is 15.9 Å². The maximum Gasteiger partial charge on any atom is 0.0739 e. The Kier molecular flexibility index (Phi) is 5.47. The summed E-state index contributed by atoms with van der Waals surface area (Å²) < 4.78 is 3.04. The molecule has 2 atom stereocenters. The zero-order valence-corrected chi connectivity index (χ0v) is 13.4. The number of alkyl halides is 1. The number of aromatic nitrogens is 2. The third kappa shape index (κ3) is 3.86. The highest BCUT2D eigenvalue weighted by Gasteiger charge is 2.12. The van der Waals surface area contributed by atoms with Gasteiger partial charge in [0.15, 0.2) is 0 Å². The third-order valence-corrected chi connectivity index (χ3v) is 3.96. The number of aryl methyl sites for hydroxylation is 2. The molecule has 1 aromatic heterocycles.